The van der Waals surface area contributed by atoms with Crippen LogP contribution in [0.5, 0.6) is 0 Å². The van der Waals surface area contributed by atoms with E-state index in [4.69, 9.17) is 0 Å². The van der Waals surface area contributed by atoms with Crippen molar-refractivity contribution >= 4 is 11.7 Å². The SMILES string of the molecule is CNCCCN(C)C1=C=CC=CC(Nc2cc(C3CC3)[nH]n2)=N1. The van der Waals surface area contributed by atoms with E-state index in [1.165, 1.54) is 18.5 Å². The minimum Gasteiger partial charge on any atom is -0.353 e. The second-order valence-corrected chi connectivity index (χ2v) is 5.98. The Morgan fingerprint density at radius 3 is 3.09 bits per heavy atom. The molecule has 1 aromatic rings. The number of H-pyrrole nitrogens is 1. The summed E-state index contributed by atoms with van der Waals surface area (Å²) >= 11 is 0. The quantitative estimate of drug-likeness (QED) is 0.533. The summed E-state index contributed by atoms with van der Waals surface area (Å²) in [7, 11) is 4.01. The molecule has 1 saturated carbocycles. The predicted molar refractivity (Wildman–Crippen MR) is 93.5 cm³/mol. The molecule has 0 spiro atoms. The fraction of sp³-hybridized carbons (Fsp3) is 0.471. The van der Waals surface area contributed by atoms with E-state index in [-0.39, 0.29) is 0 Å². The van der Waals surface area contributed by atoms with Crippen LogP contribution in [-0.2, 0) is 0 Å². The Morgan fingerprint density at radius 2 is 2.30 bits per heavy atom. The molecular formula is C17H24N6. The number of aromatic amines is 1. The fourth-order valence-electron chi connectivity index (χ4n) is 2.44. The lowest BCUT2D eigenvalue weighted by atomic mass is 10.3. The Labute approximate surface area is 137 Å². The monoisotopic (exact) mass is 312 g/mol. The van der Waals surface area contributed by atoms with Crippen LogP contribution in [0.25, 0.3) is 0 Å². The van der Waals surface area contributed by atoms with Crippen LogP contribution in [0.3, 0.4) is 0 Å². The second kappa shape index (κ2) is 7.31. The number of amidine groups is 1. The largest absolute Gasteiger partial charge is 0.353 e. The van der Waals surface area contributed by atoms with E-state index in [0.29, 0.717) is 5.92 Å². The zero-order chi connectivity index (χ0) is 16.1. The van der Waals surface area contributed by atoms with Crippen molar-refractivity contribution in [2.45, 2.75) is 25.2 Å². The highest BCUT2D eigenvalue weighted by Gasteiger charge is 2.25. The lowest BCUT2D eigenvalue weighted by molar-refractivity contribution is 0.403. The molecule has 0 aromatic carbocycles. The molecule has 2 heterocycles. The molecule has 6 nitrogen and oxygen atoms in total. The Morgan fingerprint density at radius 1 is 1.43 bits per heavy atom. The Balaban J connectivity index is 1.64. The van der Waals surface area contributed by atoms with E-state index < -0.39 is 0 Å². The van der Waals surface area contributed by atoms with E-state index in [2.05, 4.69) is 42.5 Å². The third-order valence-corrected chi connectivity index (χ3v) is 3.94. The molecule has 3 rings (SSSR count). The van der Waals surface area contributed by atoms with E-state index in [1.807, 2.05) is 32.3 Å². The number of rotatable bonds is 7. The number of aliphatic imine (C=N–C) groups is 1. The van der Waals surface area contributed by atoms with Gasteiger partial charge >= 0.3 is 0 Å². The molecular weight excluding hydrogens is 288 g/mol. The van der Waals surface area contributed by atoms with E-state index in [9.17, 15) is 0 Å². The molecule has 1 aromatic heterocycles. The first kappa shape index (κ1) is 15.6. The maximum Gasteiger partial charge on any atom is 0.175 e. The Kier molecular flexibility index (Phi) is 4.95. The van der Waals surface area contributed by atoms with Crippen molar-refractivity contribution in [3.8, 4) is 0 Å². The second-order valence-electron chi connectivity index (χ2n) is 5.98. The van der Waals surface area contributed by atoms with Gasteiger partial charge in [-0.25, -0.2) is 4.99 Å². The van der Waals surface area contributed by atoms with Gasteiger partial charge in [0.15, 0.2) is 11.6 Å². The number of aromatic nitrogens is 2. The summed E-state index contributed by atoms with van der Waals surface area (Å²) in [6.45, 7) is 1.92. The number of hydrogen-bond acceptors (Lipinski definition) is 5. The van der Waals surface area contributed by atoms with Crippen LogP contribution in [0.15, 0.2) is 40.8 Å². The summed E-state index contributed by atoms with van der Waals surface area (Å²) in [5.74, 6) is 3.08. The molecule has 122 valence electrons. The van der Waals surface area contributed by atoms with Crippen LogP contribution in [0, 0.1) is 0 Å². The lowest BCUT2D eigenvalue weighted by Gasteiger charge is -2.18. The van der Waals surface area contributed by atoms with Gasteiger partial charge in [-0.2, -0.15) is 5.10 Å². The van der Waals surface area contributed by atoms with Crippen molar-refractivity contribution in [3.63, 3.8) is 0 Å². The number of allylic oxidation sites excluding steroid dienone is 2. The summed E-state index contributed by atoms with van der Waals surface area (Å²) < 4.78 is 0. The first-order valence-electron chi connectivity index (χ1n) is 8.16. The van der Waals surface area contributed by atoms with Crippen LogP contribution >= 0.6 is 0 Å². The molecule has 1 fully saturated rings. The van der Waals surface area contributed by atoms with Gasteiger partial charge in [-0.15, -0.1) is 0 Å². The standard InChI is InChI=1S/C17H24N6/c1-18-10-5-11-23(2)17-7-4-3-6-15(20-17)19-16-12-14(21-22-16)13-8-9-13/h3-4,6,12-13,18H,5,8-11H2,1-2H3,(H2,19,20,21,22). The van der Waals surface area contributed by atoms with Gasteiger partial charge in [0.2, 0.25) is 0 Å². The summed E-state index contributed by atoms with van der Waals surface area (Å²) in [6, 6.07) is 2.08. The zero-order valence-electron chi connectivity index (χ0n) is 13.8. The first-order valence-corrected chi connectivity index (χ1v) is 8.16. The van der Waals surface area contributed by atoms with Crippen LogP contribution in [-0.4, -0.2) is 48.1 Å². The molecule has 1 aliphatic heterocycles. The summed E-state index contributed by atoms with van der Waals surface area (Å²) in [5, 5.41) is 13.9. The number of nitrogens with one attached hydrogen (secondary N) is 3. The maximum absolute atomic E-state index is 4.66. The normalized spacial score (nSPS) is 16.8. The molecule has 2 aliphatic rings. The van der Waals surface area contributed by atoms with Crippen LogP contribution in [0.1, 0.15) is 30.9 Å². The average Bonchev–Trinajstić information content (AvgIpc) is 3.33. The van der Waals surface area contributed by atoms with Crippen LogP contribution in [0.2, 0.25) is 0 Å². The topological polar surface area (TPSA) is 68.3 Å². The van der Waals surface area contributed by atoms with Gasteiger partial charge in [-0.1, -0.05) is 11.8 Å². The Bertz CT molecular complexity index is 658. The minimum atomic E-state index is 0.667. The van der Waals surface area contributed by atoms with Gasteiger partial charge in [0, 0.05) is 31.3 Å². The van der Waals surface area contributed by atoms with E-state index in [0.717, 1.165) is 37.0 Å². The lowest BCUT2D eigenvalue weighted by Crippen LogP contribution is -2.22. The summed E-state index contributed by atoms with van der Waals surface area (Å²) in [5.41, 5.74) is 4.42. The van der Waals surface area contributed by atoms with Crippen molar-refractivity contribution in [2.24, 2.45) is 4.99 Å². The van der Waals surface area contributed by atoms with Gasteiger partial charge in [-0.3, -0.25) is 5.10 Å². The molecule has 0 bridgehead atoms. The van der Waals surface area contributed by atoms with Crippen LogP contribution in [0.4, 0.5) is 5.82 Å². The fourth-order valence-corrected chi connectivity index (χ4v) is 2.44. The van der Waals surface area contributed by atoms with Crippen molar-refractivity contribution in [1.82, 2.24) is 20.4 Å². The Hall–Kier alpha value is -2.30. The van der Waals surface area contributed by atoms with E-state index in [1.54, 1.807) is 0 Å². The van der Waals surface area contributed by atoms with Gasteiger partial charge in [0.1, 0.15) is 5.84 Å². The number of anilines is 1. The molecule has 0 unspecified atom stereocenters. The molecule has 0 atom stereocenters. The van der Waals surface area contributed by atoms with Gasteiger partial charge in [-0.05, 0) is 45.0 Å². The number of hydrogen-bond donors (Lipinski definition) is 3. The third-order valence-electron chi connectivity index (χ3n) is 3.94. The van der Waals surface area contributed by atoms with Crippen molar-refractivity contribution < 1.29 is 0 Å². The van der Waals surface area contributed by atoms with Gasteiger partial charge in [0.25, 0.3) is 0 Å². The highest BCUT2D eigenvalue weighted by atomic mass is 15.2. The predicted octanol–water partition coefficient (Wildman–Crippen LogP) is 2.21. The maximum atomic E-state index is 4.66. The molecule has 23 heavy (non-hydrogen) atoms. The van der Waals surface area contributed by atoms with Crippen molar-refractivity contribution in [1.29, 1.82) is 0 Å². The van der Waals surface area contributed by atoms with Crippen molar-refractivity contribution in [3.05, 3.63) is 41.5 Å². The molecule has 1 aliphatic carbocycles. The number of nitrogens with zero attached hydrogens (tertiary/aromatic N) is 3. The minimum absolute atomic E-state index is 0.667. The molecule has 0 amide bonds. The van der Waals surface area contributed by atoms with Crippen molar-refractivity contribution in [2.75, 3.05) is 32.5 Å². The van der Waals surface area contributed by atoms with Crippen LogP contribution < -0.4 is 10.6 Å². The first-order chi connectivity index (χ1) is 11.3. The highest BCUT2D eigenvalue weighted by Crippen LogP contribution is 2.39. The molecule has 0 radical (unpaired) electrons. The summed E-state index contributed by atoms with van der Waals surface area (Å²) in [6.07, 6.45) is 9.35. The average molecular weight is 312 g/mol. The van der Waals surface area contributed by atoms with Gasteiger partial charge < -0.3 is 15.5 Å². The van der Waals surface area contributed by atoms with E-state index >= 15 is 0 Å². The smallest absolute Gasteiger partial charge is 0.175 e. The summed E-state index contributed by atoms with van der Waals surface area (Å²) in [4.78, 5) is 6.78. The molecule has 6 heteroatoms. The molecule has 0 saturated heterocycles. The van der Waals surface area contributed by atoms with Gasteiger partial charge in [0.05, 0.1) is 0 Å². The zero-order valence-corrected chi connectivity index (χ0v) is 13.8. The molecule has 3 N–H and O–H groups in total. The third kappa shape index (κ3) is 4.34. The highest BCUT2D eigenvalue weighted by molar-refractivity contribution is 6.04.